The van der Waals surface area contributed by atoms with Crippen LogP contribution in [-0.4, -0.2) is 22.7 Å². The van der Waals surface area contributed by atoms with Crippen molar-refractivity contribution >= 4 is 33.3 Å². The van der Waals surface area contributed by atoms with Crippen molar-refractivity contribution in [3.05, 3.63) is 80.1 Å². The Kier molecular flexibility index (Phi) is 5.01. The van der Waals surface area contributed by atoms with E-state index in [0.717, 1.165) is 21.9 Å². The molecule has 1 aliphatic rings. The number of aromatic nitrogens is 2. The maximum absolute atomic E-state index is 13.6. The van der Waals surface area contributed by atoms with Crippen LogP contribution in [0.2, 0.25) is 0 Å². The number of amides is 1. The monoisotopic (exact) mass is 447 g/mol. The minimum Gasteiger partial charge on any atom is -0.494 e. The van der Waals surface area contributed by atoms with E-state index in [4.69, 9.17) is 9.15 Å². The molecule has 1 aliphatic heterocycles. The number of rotatable bonds is 5. The van der Waals surface area contributed by atoms with Crippen LogP contribution >= 0.6 is 11.3 Å². The molecular weight excluding hydrogens is 426 g/mol. The summed E-state index contributed by atoms with van der Waals surface area (Å²) in [4.78, 5) is 28.7. The third-order valence-corrected chi connectivity index (χ3v) is 6.56. The lowest BCUT2D eigenvalue weighted by Gasteiger charge is -2.22. The average molecular weight is 448 g/mol. The van der Waals surface area contributed by atoms with Gasteiger partial charge in [0, 0.05) is 0 Å². The fourth-order valence-corrected chi connectivity index (χ4v) is 4.80. The van der Waals surface area contributed by atoms with Crippen LogP contribution in [0.25, 0.3) is 11.0 Å². The molecule has 32 heavy (non-hydrogen) atoms. The van der Waals surface area contributed by atoms with Crippen LogP contribution in [0.15, 0.2) is 51.7 Å². The average Bonchev–Trinajstić information content (AvgIpc) is 3.38. The molecule has 0 bridgehead atoms. The molecule has 7 nitrogen and oxygen atoms in total. The highest BCUT2D eigenvalue weighted by Gasteiger charge is 2.45. The van der Waals surface area contributed by atoms with E-state index in [9.17, 15) is 9.59 Å². The van der Waals surface area contributed by atoms with Gasteiger partial charge in [0.05, 0.1) is 23.6 Å². The number of hydrogen-bond donors (Lipinski definition) is 0. The number of nitrogens with zero attached hydrogens (tertiary/aromatic N) is 3. The van der Waals surface area contributed by atoms with E-state index in [0.29, 0.717) is 34.7 Å². The maximum atomic E-state index is 13.6. The number of fused-ring (bicyclic) bond motifs is 2. The second-order valence-corrected chi connectivity index (χ2v) is 8.63. The van der Waals surface area contributed by atoms with Crippen LogP contribution in [0.4, 0.5) is 5.13 Å². The molecule has 0 aliphatic carbocycles. The molecule has 8 heteroatoms. The van der Waals surface area contributed by atoms with Gasteiger partial charge in [-0.15, -0.1) is 10.2 Å². The molecule has 0 saturated carbocycles. The number of aryl methyl sites for hydroxylation is 2. The summed E-state index contributed by atoms with van der Waals surface area (Å²) < 4.78 is 11.5. The summed E-state index contributed by atoms with van der Waals surface area (Å²) in [5.41, 5.74) is 2.23. The van der Waals surface area contributed by atoms with Crippen molar-refractivity contribution in [3.63, 3.8) is 0 Å². The highest BCUT2D eigenvalue weighted by Crippen LogP contribution is 2.42. The summed E-state index contributed by atoms with van der Waals surface area (Å²) in [5, 5.41) is 10.1. The molecule has 0 N–H and O–H groups in total. The van der Waals surface area contributed by atoms with Crippen molar-refractivity contribution in [2.45, 2.75) is 33.2 Å². The van der Waals surface area contributed by atoms with E-state index in [-0.39, 0.29) is 11.2 Å². The van der Waals surface area contributed by atoms with Gasteiger partial charge in [-0.25, -0.2) is 0 Å². The zero-order valence-corrected chi connectivity index (χ0v) is 18.7. The molecule has 5 rings (SSSR count). The third kappa shape index (κ3) is 3.18. The molecule has 162 valence electrons. The molecule has 3 heterocycles. The van der Waals surface area contributed by atoms with Crippen LogP contribution in [0, 0.1) is 6.92 Å². The SMILES string of the molecule is CCOc1ccc(C2c3c(oc4ccc(C)cc4c3=O)C(=O)N2c2nnc(CC)s2)cc1. The van der Waals surface area contributed by atoms with Crippen molar-refractivity contribution in [1.29, 1.82) is 0 Å². The summed E-state index contributed by atoms with van der Waals surface area (Å²) in [6.07, 6.45) is 0.709. The summed E-state index contributed by atoms with van der Waals surface area (Å²) in [6, 6.07) is 12.1. The number of carbonyl (C=O) groups excluding carboxylic acids is 1. The Labute approximate surface area is 188 Å². The zero-order valence-electron chi connectivity index (χ0n) is 17.9. The number of hydrogen-bond acceptors (Lipinski definition) is 7. The largest absolute Gasteiger partial charge is 0.494 e. The lowest BCUT2D eigenvalue weighted by molar-refractivity contribution is 0.0970. The number of ether oxygens (including phenoxy) is 1. The van der Waals surface area contributed by atoms with Crippen molar-refractivity contribution < 1.29 is 13.9 Å². The molecule has 0 saturated heterocycles. The lowest BCUT2D eigenvalue weighted by atomic mass is 9.98. The van der Waals surface area contributed by atoms with Crippen molar-refractivity contribution in [2.75, 3.05) is 11.5 Å². The standard InChI is InChI=1S/C24H21N3O4S/c1-4-18-25-26-24(32-18)27-20(14-7-9-15(10-8-14)30-5-2)19-21(28)16-12-13(3)6-11-17(16)31-22(19)23(27)29/h6-12,20H,4-5H2,1-3H3. The smallest absolute Gasteiger partial charge is 0.297 e. The van der Waals surface area contributed by atoms with E-state index >= 15 is 0 Å². The molecule has 1 amide bonds. The predicted octanol–water partition coefficient (Wildman–Crippen LogP) is 4.66. The first-order valence-electron chi connectivity index (χ1n) is 10.5. The molecule has 2 aromatic heterocycles. The van der Waals surface area contributed by atoms with Gasteiger partial charge in [-0.3, -0.25) is 14.5 Å². The van der Waals surface area contributed by atoms with Gasteiger partial charge in [-0.2, -0.15) is 0 Å². The van der Waals surface area contributed by atoms with Crippen LogP contribution in [0.1, 0.15) is 52.1 Å². The van der Waals surface area contributed by atoms with Crippen LogP contribution < -0.4 is 15.1 Å². The molecule has 0 spiro atoms. The number of carbonyl (C=O) groups is 1. The Morgan fingerprint density at radius 3 is 2.56 bits per heavy atom. The maximum Gasteiger partial charge on any atom is 0.297 e. The van der Waals surface area contributed by atoms with Gasteiger partial charge in [-0.05, 0) is 50.1 Å². The highest BCUT2D eigenvalue weighted by atomic mass is 32.1. The minimum absolute atomic E-state index is 0.0542. The summed E-state index contributed by atoms with van der Waals surface area (Å²) in [6.45, 7) is 6.37. The Morgan fingerprint density at radius 2 is 1.88 bits per heavy atom. The summed E-state index contributed by atoms with van der Waals surface area (Å²) in [7, 11) is 0. The van der Waals surface area contributed by atoms with Crippen LogP contribution in [-0.2, 0) is 6.42 Å². The second kappa shape index (κ2) is 7.87. The molecule has 1 unspecified atom stereocenters. The Bertz CT molecular complexity index is 1390. The van der Waals surface area contributed by atoms with Crippen LogP contribution in [0.3, 0.4) is 0 Å². The zero-order chi connectivity index (χ0) is 22.4. The van der Waals surface area contributed by atoms with Gasteiger partial charge in [0.25, 0.3) is 5.91 Å². The topological polar surface area (TPSA) is 85.5 Å². The van der Waals surface area contributed by atoms with Gasteiger partial charge < -0.3 is 9.15 Å². The van der Waals surface area contributed by atoms with E-state index in [2.05, 4.69) is 10.2 Å². The predicted molar refractivity (Wildman–Crippen MR) is 123 cm³/mol. The fourth-order valence-electron chi connectivity index (χ4n) is 4.00. The van der Waals surface area contributed by atoms with Gasteiger partial charge in [0.1, 0.15) is 16.3 Å². The Hall–Kier alpha value is -3.52. The first-order chi connectivity index (χ1) is 15.5. The molecule has 0 fully saturated rings. The number of benzene rings is 2. The quantitative estimate of drug-likeness (QED) is 0.442. The van der Waals surface area contributed by atoms with Crippen LogP contribution in [0.5, 0.6) is 5.75 Å². The minimum atomic E-state index is -0.660. The van der Waals surface area contributed by atoms with E-state index in [1.807, 2.05) is 51.1 Å². The normalized spacial score (nSPS) is 15.4. The van der Waals surface area contributed by atoms with E-state index in [1.165, 1.54) is 16.2 Å². The Morgan fingerprint density at radius 1 is 1.09 bits per heavy atom. The lowest BCUT2D eigenvalue weighted by Crippen LogP contribution is -2.29. The van der Waals surface area contributed by atoms with Gasteiger partial charge in [0.15, 0.2) is 5.43 Å². The first-order valence-corrected chi connectivity index (χ1v) is 11.3. The molecule has 4 aromatic rings. The Balaban J connectivity index is 1.75. The molecule has 0 radical (unpaired) electrons. The van der Waals surface area contributed by atoms with E-state index in [1.54, 1.807) is 12.1 Å². The van der Waals surface area contributed by atoms with Gasteiger partial charge >= 0.3 is 0 Å². The summed E-state index contributed by atoms with van der Waals surface area (Å²) in [5.74, 6) is 0.383. The summed E-state index contributed by atoms with van der Waals surface area (Å²) >= 11 is 1.34. The third-order valence-electron chi connectivity index (χ3n) is 5.50. The van der Waals surface area contributed by atoms with Gasteiger partial charge in [0.2, 0.25) is 10.9 Å². The van der Waals surface area contributed by atoms with Gasteiger partial charge in [-0.1, -0.05) is 42.0 Å². The van der Waals surface area contributed by atoms with Crippen molar-refractivity contribution in [2.24, 2.45) is 0 Å². The fraction of sp³-hybridized carbons (Fsp3) is 0.250. The first kappa shape index (κ1) is 20.4. The molecule has 2 aromatic carbocycles. The second-order valence-electron chi connectivity index (χ2n) is 7.59. The van der Waals surface area contributed by atoms with Crippen molar-refractivity contribution in [3.8, 4) is 5.75 Å². The number of anilines is 1. The van der Waals surface area contributed by atoms with E-state index < -0.39 is 11.9 Å². The highest BCUT2D eigenvalue weighted by molar-refractivity contribution is 7.15. The molecule has 1 atom stereocenters. The molecular formula is C24H21N3O4S. The van der Waals surface area contributed by atoms with Crippen molar-refractivity contribution in [1.82, 2.24) is 10.2 Å².